The van der Waals surface area contributed by atoms with Gasteiger partial charge in [-0.25, -0.2) is 14.4 Å². The maximum Gasteiger partial charge on any atom is 0.451 e. The van der Waals surface area contributed by atoms with Crippen molar-refractivity contribution in [2.24, 2.45) is 0 Å². The Balaban J connectivity index is 2.07. The van der Waals surface area contributed by atoms with Gasteiger partial charge in [0.05, 0.1) is 0 Å². The zero-order valence-corrected chi connectivity index (χ0v) is 10.7. The molecule has 0 saturated carbocycles. The maximum atomic E-state index is 13.3. The van der Waals surface area contributed by atoms with Crippen LogP contribution in [0.1, 0.15) is 11.4 Å². The van der Waals surface area contributed by atoms with Gasteiger partial charge in [0.25, 0.3) is 0 Å². The first-order chi connectivity index (χ1) is 9.84. The molecule has 0 bridgehead atoms. The molecule has 110 valence electrons. The van der Waals surface area contributed by atoms with Gasteiger partial charge in [0.15, 0.2) is 0 Å². The van der Waals surface area contributed by atoms with Crippen LogP contribution >= 0.6 is 0 Å². The summed E-state index contributed by atoms with van der Waals surface area (Å²) in [6.07, 6.45) is -4.09. The van der Waals surface area contributed by atoms with Crippen molar-refractivity contribution in [3.8, 4) is 0 Å². The number of nitrogens with zero attached hydrogens (tertiary/aromatic N) is 3. The molecule has 3 rings (SSSR count). The highest BCUT2D eigenvalue weighted by Crippen LogP contribution is 2.36. The number of alkyl halides is 3. The van der Waals surface area contributed by atoms with Crippen LogP contribution in [0.5, 0.6) is 0 Å². The third-order valence-electron chi connectivity index (χ3n) is 3.21. The predicted octanol–water partition coefficient (Wildman–Crippen LogP) is 2.91. The summed E-state index contributed by atoms with van der Waals surface area (Å²) < 4.78 is 51.5. The summed E-state index contributed by atoms with van der Waals surface area (Å²) in [7, 11) is 0. The van der Waals surface area contributed by atoms with Crippen molar-refractivity contribution in [2.75, 3.05) is 17.2 Å². The Hall–Kier alpha value is -2.38. The zero-order chi connectivity index (χ0) is 15.2. The van der Waals surface area contributed by atoms with Crippen LogP contribution in [-0.4, -0.2) is 16.5 Å². The number of nitrogens with two attached hydrogens (primary N) is 1. The molecule has 2 N–H and O–H groups in total. The summed E-state index contributed by atoms with van der Waals surface area (Å²) in [6, 6.07) is 5.45. The largest absolute Gasteiger partial charge is 0.451 e. The minimum Gasteiger partial charge on any atom is -0.384 e. The quantitative estimate of drug-likeness (QED) is 0.822. The van der Waals surface area contributed by atoms with Crippen LogP contribution in [0.15, 0.2) is 24.3 Å². The smallest absolute Gasteiger partial charge is 0.384 e. The molecule has 4 nitrogen and oxygen atoms in total. The summed E-state index contributed by atoms with van der Waals surface area (Å²) in [5, 5.41) is 0. The number of fused-ring (bicyclic) bond motifs is 1. The van der Waals surface area contributed by atoms with Gasteiger partial charge in [0, 0.05) is 18.3 Å². The van der Waals surface area contributed by atoms with Crippen molar-refractivity contribution < 1.29 is 17.6 Å². The van der Waals surface area contributed by atoms with Crippen LogP contribution in [-0.2, 0) is 12.6 Å². The predicted molar refractivity (Wildman–Crippen MR) is 68.6 cm³/mol. The number of hydrogen-bond donors (Lipinski definition) is 1. The monoisotopic (exact) mass is 298 g/mol. The molecule has 0 atom stereocenters. The fourth-order valence-electron chi connectivity index (χ4n) is 2.31. The van der Waals surface area contributed by atoms with E-state index < -0.39 is 17.8 Å². The van der Waals surface area contributed by atoms with E-state index in [1.54, 1.807) is 6.07 Å². The Labute approximate surface area is 117 Å². The molecule has 21 heavy (non-hydrogen) atoms. The Morgan fingerprint density at radius 3 is 2.62 bits per heavy atom. The van der Waals surface area contributed by atoms with Crippen molar-refractivity contribution in [3.05, 3.63) is 41.5 Å². The number of nitrogen functional groups attached to an aromatic ring is 1. The van der Waals surface area contributed by atoms with E-state index in [9.17, 15) is 17.6 Å². The molecule has 1 aromatic carbocycles. The lowest BCUT2D eigenvalue weighted by Gasteiger charge is -2.19. The second-order valence-electron chi connectivity index (χ2n) is 4.65. The third-order valence-corrected chi connectivity index (χ3v) is 3.21. The molecule has 1 aliphatic rings. The molecule has 0 aliphatic carbocycles. The van der Waals surface area contributed by atoms with Crippen molar-refractivity contribution in [1.29, 1.82) is 0 Å². The Morgan fingerprint density at radius 2 is 1.90 bits per heavy atom. The number of benzene rings is 1. The molecule has 1 aliphatic heterocycles. The first-order valence-corrected chi connectivity index (χ1v) is 6.12. The number of hydrogen-bond acceptors (Lipinski definition) is 4. The minimum absolute atomic E-state index is 0.0131. The Kier molecular flexibility index (Phi) is 2.96. The zero-order valence-electron chi connectivity index (χ0n) is 10.7. The van der Waals surface area contributed by atoms with E-state index >= 15 is 0 Å². The number of anilines is 3. The first-order valence-electron chi connectivity index (χ1n) is 6.12. The number of halogens is 4. The van der Waals surface area contributed by atoms with Crippen LogP contribution in [0.4, 0.5) is 34.9 Å². The summed E-state index contributed by atoms with van der Waals surface area (Å²) in [4.78, 5) is 8.20. The normalized spacial score (nSPS) is 14.4. The highest BCUT2D eigenvalue weighted by atomic mass is 19.4. The average Bonchev–Trinajstić information content (AvgIpc) is 2.79. The van der Waals surface area contributed by atoms with E-state index in [1.165, 1.54) is 23.1 Å². The van der Waals surface area contributed by atoms with E-state index in [0.717, 1.165) is 5.56 Å². The topological polar surface area (TPSA) is 55.0 Å². The van der Waals surface area contributed by atoms with Crippen molar-refractivity contribution >= 4 is 17.3 Å². The number of aromatic nitrogens is 2. The average molecular weight is 298 g/mol. The Morgan fingerprint density at radius 1 is 1.14 bits per heavy atom. The van der Waals surface area contributed by atoms with E-state index in [1.807, 2.05) is 0 Å². The molecule has 0 radical (unpaired) electrons. The molecule has 2 heterocycles. The van der Waals surface area contributed by atoms with Crippen LogP contribution in [0, 0.1) is 5.82 Å². The van der Waals surface area contributed by atoms with Gasteiger partial charge in [-0.05, 0) is 24.1 Å². The summed E-state index contributed by atoms with van der Waals surface area (Å²) in [5.74, 6) is -2.03. The lowest BCUT2D eigenvalue weighted by atomic mass is 10.2. The van der Waals surface area contributed by atoms with Gasteiger partial charge in [-0.3, -0.25) is 0 Å². The van der Waals surface area contributed by atoms with Gasteiger partial charge in [0.1, 0.15) is 17.5 Å². The van der Waals surface area contributed by atoms with Gasteiger partial charge >= 0.3 is 6.18 Å². The van der Waals surface area contributed by atoms with Gasteiger partial charge in [-0.2, -0.15) is 13.2 Å². The van der Waals surface area contributed by atoms with Crippen molar-refractivity contribution in [2.45, 2.75) is 12.6 Å². The number of rotatable bonds is 1. The molecule has 0 amide bonds. The van der Waals surface area contributed by atoms with Crippen LogP contribution < -0.4 is 10.6 Å². The highest BCUT2D eigenvalue weighted by Gasteiger charge is 2.36. The molecular formula is C13H10F4N4. The fraction of sp³-hybridized carbons (Fsp3) is 0.231. The van der Waals surface area contributed by atoms with Gasteiger partial charge in [0.2, 0.25) is 5.82 Å². The van der Waals surface area contributed by atoms with E-state index in [0.29, 0.717) is 18.7 Å². The van der Waals surface area contributed by atoms with Crippen molar-refractivity contribution in [3.63, 3.8) is 0 Å². The minimum atomic E-state index is -4.69. The lowest BCUT2D eigenvalue weighted by molar-refractivity contribution is -0.144. The SMILES string of the molecule is Nc1cc(N2CCc3ccc(F)cc32)nc(C(F)(F)F)n1. The molecule has 8 heteroatoms. The van der Waals surface area contributed by atoms with Gasteiger partial charge < -0.3 is 10.6 Å². The molecular weight excluding hydrogens is 288 g/mol. The second kappa shape index (κ2) is 4.57. The summed E-state index contributed by atoms with van der Waals surface area (Å²) in [6.45, 7) is 0.409. The molecule has 0 unspecified atom stereocenters. The highest BCUT2D eigenvalue weighted by molar-refractivity contribution is 5.68. The molecule has 0 fully saturated rings. The summed E-state index contributed by atoms with van der Waals surface area (Å²) in [5.41, 5.74) is 6.77. The fourth-order valence-corrected chi connectivity index (χ4v) is 2.31. The van der Waals surface area contributed by atoms with Crippen LogP contribution in [0.3, 0.4) is 0 Å². The van der Waals surface area contributed by atoms with Gasteiger partial charge in [-0.1, -0.05) is 6.07 Å². The molecule has 2 aromatic rings. The van der Waals surface area contributed by atoms with Crippen LogP contribution in [0.25, 0.3) is 0 Å². The second-order valence-corrected chi connectivity index (χ2v) is 4.65. The molecule has 0 spiro atoms. The van der Waals surface area contributed by atoms with E-state index in [2.05, 4.69) is 9.97 Å². The standard InChI is InChI=1S/C13H10F4N4/c14-8-2-1-7-3-4-21(9(7)5-8)11-6-10(18)19-12(20-11)13(15,16)17/h1-2,5-6H,3-4H2,(H2,18,19,20). The third kappa shape index (κ3) is 2.48. The van der Waals surface area contributed by atoms with E-state index in [4.69, 9.17) is 5.73 Å². The van der Waals surface area contributed by atoms with Gasteiger partial charge in [-0.15, -0.1) is 0 Å². The lowest BCUT2D eigenvalue weighted by Crippen LogP contribution is -2.19. The van der Waals surface area contributed by atoms with E-state index in [-0.39, 0.29) is 11.6 Å². The first kappa shape index (κ1) is 13.6. The van der Waals surface area contributed by atoms with Crippen LogP contribution in [0.2, 0.25) is 0 Å². The summed E-state index contributed by atoms with van der Waals surface area (Å²) >= 11 is 0. The van der Waals surface area contributed by atoms with Crippen molar-refractivity contribution in [1.82, 2.24) is 9.97 Å². The molecule has 1 aromatic heterocycles. The maximum absolute atomic E-state index is 13.3. The Bertz CT molecular complexity index is 699. The molecule has 0 saturated heterocycles.